The average Bonchev–Trinajstić information content (AvgIpc) is 3.71. The van der Waals surface area contributed by atoms with Crippen molar-refractivity contribution in [2.45, 2.75) is 76.3 Å². The van der Waals surface area contributed by atoms with E-state index in [1.54, 1.807) is 6.07 Å². The van der Waals surface area contributed by atoms with Crippen molar-refractivity contribution < 1.29 is 22.6 Å². The lowest BCUT2D eigenvalue weighted by Gasteiger charge is -2.40. The molecule has 0 bridgehead atoms. The fourth-order valence-electron chi connectivity index (χ4n) is 11.4. The van der Waals surface area contributed by atoms with Crippen molar-refractivity contribution in [3.63, 3.8) is 0 Å². The predicted molar refractivity (Wildman–Crippen MR) is 258 cm³/mol. The molecular formula is C59H53F3O2. The van der Waals surface area contributed by atoms with Gasteiger partial charge in [-0.2, -0.15) is 13.2 Å². The molecule has 0 amide bonds. The normalized spacial score (nSPS) is 19.8. The second-order valence-corrected chi connectivity index (χ2v) is 20.1. The van der Waals surface area contributed by atoms with Gasteiger partial charge in [0.05, 0.1) is 19.8 Å². The number of ether oxygens (including phenoxy) is 2. The first kappa shape index (κ1) is 41.0. The average molecular weight is 851 g/mol. The van der Waals surface area contributed by atoms with Crippen LogP contribution in [0.2, 0.25) is 0 Å². The van der Waals surface area contributed by atoms with E-state index >= 15 is 13.2 Å². The minimum Gasteiger partial charge on any atom is -0.381 e. The molecule has 64 heavy (non-hydrogen) atoms. The SMILES string of the molecule is C=CC1(CCCOCC2(CC)COC2)c2ccccc2-c2ccc(-c3ccc4c(c3)C(C)(C(F)(F)F)c3cc(-c5ccc6ccc7cc(C(C)(C)C)cc8ccc5c6c78)ccc3-4)cc21. The smallest absolute Gasteiger partial charge is 0.381 e. The topological polar surface area (TPSA) is 18.5 Å². The summed E-state index contributed by atoms with van der Waals surface area (Å²) in [6, 6.07) is 43.8. The first-order valence-electron chi connectivity index (χ1n) is 22.8. The Labute approximate surface area is 374 Å². The summed E-state index contributed by atoms with van der Waals surface area (Å²) in [7, 11) is 0. The Kier molecular flexibility index (Phi) is 9.21. The molecule has 2 unspecified atom stereocenters. The molecule has 0 spiro atoms. The molecule has 1 saturated heterocycles. The summed E-state index contributed by atoms with van der Waals surface area (Å²) in [5.41, 5.74) is 8.54. The van der Waals surface area contributed by atoms with Gasteiger partial charge in [0.25, 0.3) is 0 Å². The monoisotopic (exact) mass is 850 g/mol. The number of hydrogen-bond donors (Lipinski definition) is 0. The van der Waals surface area contributed by atoms with Gasteiger partial charge in [-0.1, -0.05) is 143 Å². The van der Waals surface area contributed by atoms with Crippen LogP contribution < -0.4 is 0 Å². The molecule has 1 aliphatic heterocycles. The first-order chi connectivity index (χ1) is 30.7. The van der Waals surface area contributed by atoms with Crippen LogP contribution in [0.15, 0.2) is 140 Å². The maximum atomic E-state index is 15.9. The van der Waals surface area contributed by atoms with E-state index in [1.165, 1.54) is 39.8 Å². The lowest BCUT2D eigenvalue weighted by Crippen LogP contribution is -2.45. The number of benzene rings is 8. The summed E-state index contributed by atoms with van der Waals surface area (Å²) in [6.07, 6.45) is 0.181. The van der Waals surface area contributed by atoms with Crippen LogP contribution in [0.4, 0.5) is 13.2 Å². The van der Waals surface area contributed by atoms with E-state index in [2.05, 4.69) is 131 Å². The largest absolute Gasteiger partial charge is 0.402 e. The highest BCUT2D eigenvalue weighted by molar-refractivity contribution is 6.25. The van der Waals surface area contributed by atoms with Crippen LogP contribution in [-0.4, -0.2) is 32.6 Å². The second-order valence-electron chi connectivity index (χ2n) is 20.1. The zero-order chi connectivity index (χ0) is 44.4. The Balaban J connectivity index is 0.968. The predicted octanol–water partition coefficient (Wildman–Crippen LogP) is 15.7. The standard InChI is InChI=1S/C59H53F3O2/c1-7-57(34-64-35-57)33-63-27-11-26-58(8-2)49-13-10-9-12-44(49)47-23-18-38(31-52(47)58)37-17-22-45-46-24-19-39(32-51(46)56(6,50(45)30-37)59(60,61)62)43-21-16-36-14-15-40-28-42(55(3,4)5)29-41-20-25-48(43)54(36)53(40)41/h8-10,12-25,28-32H,2,7,11,26-27,33-35H2,1,3-6H3. The molecule has 5 heteroatoms. The van der Waals surface area contributed by atoms with Crippen molar-refractivity contribution in [3.8, 4) is 44.5 Å². The maximum Gasteiger partial charge on any atom is 0.402 e. The van der Waals surface area contributed by atoms with Gasteiger partial charge in [0.1, 0.15) is 5.41 Å². The summed E-state index contributed by atoms with van der Waals surface area (Å²) in [6.45, 7) is 17.5. The van der Waals surface area contributed by atoms with E-state index in [4.69, 9.17) is 9.47 Å². The van der Waals surface area contributed by atoms with Crippen LogP contribution in [0.25, 0.3) is 76.8 Å². The van der Waals surface area contributed by atoms with Crippen molar-refractivity contribution in [1.82, 2.24) is 0 Å². The quantitative estimate of drug-likeness (QED) is 0.0775. The van der Waals surface area contributed by atoms with Crippen molar-refractivity contribution in [2.24, 2.45) is 5.41 Å². The van der Waals surface area contributed by atoms with Gasteiger partial charge in [0.15, 0.2) is 0 Å². The first-order valence-corrected chi connectivity index (χ1v) is 22.8. The van der Waals surface area contributed by atoms with Crippen LogP contribution in [0.3, 0.4) is 0 Å². The van der Waals surface area contributed by atoms with Crippen LogP contribution in [0.1, 0.15) is 81.7 Å². The van der Waals surface area contributed by atoms with Crippen molar-refractivity contribution >= 4 is 32.3 Å². The molecule has 1 heterocycles. The third-order valence-electron chi connectivity index (χ3n) is 15.5. The van der Waals surface area contributed by atoms with Gasteiger partial charge in [-0.15, -0.1) is 6.58 Å². The third kappa shape index (κ3) is 5.92. The molecule has 0 aromatic heterocycles. The molecule has 2 atom stereocenters. The molecular weight excluding hydrogens is 798 g/mol. The maximum absolute atomic E-state index is 15.9. The molecule has 2 aliphatic carbocycles. The zero-order valence-electron chi connectivity index (χ0n) is 37.3. The summed E-state index contributed by atoms with van der Waals surface area (Å²) in [5.74, 6) is 0. The summed E-state index contributed by atoms with van der Waals surface area (Å²) < 4.78 is 59.6. The molecule has 322 valence electrons. The highest BCUT2D eigenvalue weighted by Crippen LogP contribution is 2.59. The molecule has 8 aromatic rings. The van der Waals surface area contributed by atoms with Crippen molar-refractivity contribution in [3.05, 3.63) is 168 Å². The molecule has 3 aliphatic rings. The number of rotatable bonds is 10. The number of halogens is 3. The second kappa shape index (κ2) is 14.4. The van der Waals surface area contributed by atoms with E-state index in [0.717, 1.165) is 82.0 Å². The fraction of sp³-hybridized carbons (Fsp3) is 0.288. The van der Waals surface area contributed by atoms with Gasteiger partial charge in [0, 0.05) is 17.4 Å². The minimum absolute atomic E-state index is 0.00564. The lowest BCUT2D eigenvalue weighted by molar-refractivity contribution is -0.172. The Morgan fingerprint density at radius 1 is 0.641 bits per heavy atom. The van der Waals surface area contributed by atoms with Crippen LogP contribution in [0.5, 0.6) is 0 Å². The number of fused-ring (bicyclic) bond motifs is 6. The van der Waals surface area contributed by atoms with Crippen LogP contribution in [-0.2, 0) is 25.7 Å². The number of hydrogen-bond acceptors (Lipinski definition) is 2. The number of alkyl halides is 3. The Bertz CT molecular complexity index is 3160. The van der Waals surface area contributed by atoms with Crippen molar-refractivity contribution in [1.29, 1.82) is 0 Å². The summed E-state index contributed by atoms with van der Waals surface area (Å²) in [4.78, 5) is 0. The van der Waals surface area contributed by atoms with Gasteiger partial charge in [-0.25, -0.2) is 0 Å². The Morgan fingerprint density at radius 3 is 1.83 bits per heavy atom. The highest BCUT2D eigenvalue weighted by atomic mass is 19.4. The van der Waals surface area contributed by atoms with E-state index in [9.17, 15) is 0 Å². The van der Waals surface area contributed by atoms with E-state index in [1.807, 2.05) is 30.3 Å². The van der Waals surface area contributed by atoms with E-state index < -0.39 is 17.0 Å². The lowest BCUT2D eigenvalue weighted by atomic mass is 9.74. The summed E-state index contributed by atoms with van der Waals surface area (Å²) >= 11 is 0. The fourth-order valence-corrected chi connectivity index (χ4v) is 11.4. The third-order valence-corrected chi connectivity index (χ3v) is 15.5. The van der Waals surface area contributed by atoms with E-state index in [-0.39, 0.29) is 22.0 Å². The molecule has 0 radical (unpaired) electrons. The van der Waals surface area contributed by atoms with Gasteiger partial charge in [-0.3, -0.25) is 0 Å². The minimum atomic E-state index is -4.56. The van der Waals surface area contributed by atoms with Gasteiger partial charge >= 0.3 is 6.18 Å². The summed E-state index contributed by atoms with van der Waals surface area (Å²) in [5, 5.41) is 6.86. The molecule has 0 N–H and O–H groups in total. The molecule has 0 saturated carbocycles. The molecule has 2 nitrogen and oxygen atoms in total. The zero-order valence-corrected chi connectivity index (χ0v) is 37.3. The van der Waals surface area contributed by atoms with Crippen molar-refractivity contribution in [2.75, 3.05) is 26.4 Å². The van der Waals surface area contributed by atoms with Gasteiger partial charge in [-0.05, 0) is 154 Å². The Hall–Kier alpha value is -5.75. The molecule has 1 fully saturated rings. The number of allylic oxidation sites excluding steroid dienone is 1. The van der Waals surface area contributed by atoms with Gasteiger partial charge in [0.2, 0.25) is 0 Å². The Morgan fingerprint density at radius 2 is 1.20 bits per heavy atom. The molecule has 8 aromatic carbocycles. The molecule has 11 rings (SSSR count). The van der Waals surface area contributed by atoms with Gasteiger partial charge < -0.3 is 9.47 Å². The van der Waals surface area contributed by atoms with E-state index in [0.29, 0.717) is 24.3 Å². The van der Waals surface area contributed by atoms with Crippen LogP contribution >= 0.6 is 0 Å². The highest BCUT2D eigenvalue weighted by Gasteiger charge is 2.58. The van der Waals surface area contributed by atoms with Crippen LogP contribution in [0, 0.1) is 5.41 Å².